The zero-order valence-electron chi connectivity index (χ0n) is 9.07. The molecule has 0 radical (unpaired) electrons. The van der Waals surface area contributed by atoms with Gasteiger partial charge in [0, 0.05) is 12.6 Å². The highest BCUT2D eigenvalue weighted by Crippen LogP contribution is 2.13. The predicted octanol–water partition coefficient (Wildman–Crippen LogP) is 1.90. The Bertz CT molecular complexity index is 379. The normalized spacial score (nSPS) is 11.6. The third-order valence-corrected chi connectivity index (χ3v) is 1.90. The fourth-order valence-corrected chi connectivity index (χ4v) is 1.11. The number of nitrogens with one attached hydrogen (secondary N) is 1. The molecular weight excluding hydrogens is 209 g/mol. The minimum atomic E-state index is -0.665. The summed E-state index contributed by atoms with van der Waals surface area (Å²) in [5.41, 5.74) is 0. The first-order valence-electron chi connectivity index (χ1n) is 4.94. The number of benzene rings is 1. The van der Waals surface area contributed by atoms with Crippen LogP contribution in [0.5, 0.6) is 5.75 Å². The standard InChI is InChI=1S/C12H14FNO2/c1-3-7-14-12(15)9(2)16-11-6-4-5-10(13)8-11/h3-6,8-9H,1,7H2,2H3,(H,14,15). The van der Waals surface area contributed by atoms with E-state index in [0.29, 0.717) is 12.3 Å². The number of halogens is 1. The number of carbonyl (C=O) groups is 1. The van der Waals surface area contributed by atoms with Gasteiger partial charge in [-0.1, -0.05) is 12.1 Å². The maximum absolute atomic E-state index is 12.8. The Morgan fingerprint density at radius 1 is 1.69 bits per heavy atom. The van der Waals surface area contributed by atoms with E-state index in [4.69, 9.17) is 4.74 Å². The smallest absolute Gasteiger partial charge is 0.261 e. The van der Waals surface area contributed by atoms with E-state index in [9.17, 15) is 9.18 Å². The van der Waals surface area contributed by atoms with Crippen LogP contribution < -0.4 is 10.1 Å². The van der Waals surface area contributed by atoms with Crippen molar-refractivity contribution in [1.82, 2.24) is 5.32 Å². The molecule has 0 saturated carbocycles. The molecule has 0 aliphatic rings. The van der Waals surface area contributed by atoms with Crippen molar-refractivity contribution < 1.29 is 13.9 Å². The summed E-state index contributed by atoms with van der Waals surface area (Å²) in [6.45, 7) is 5.47. The number of hydrogen-bond acceptors (Lipinski definition) is 2. The maximum Gasteiger partial charge on any atom is 0.261 e. The lowest BCUT2D eigenvalue weighted by Gasteiger charge is -2.13. The molecule has 86 valence electrons. The minimum Gasteiger partial charge on any atom is -0.481 e. The molecule has 1 unspecified atom stereocenters. The molecule has 0 spiro atoms. The average molecular weight is 223 g/mol. The van der Waals surface area contributed by atoms with Crippen molar-refractivity contribution in [3.05, 3.63) is 42.7 Å². The Morgan fingerprint density at radius 3 is 3.06 bits per heavy atom. The van der Waals surface area contributed by atoms with E-state index in [-0.39, 0.29) is 5.91 Å². The van der Waals surface area contributed by atoms with Crippen LogP contribution >= 0.6 is 0 Å². The highest BCUT2D eigenvalue weighted by atomic mass is 19.1. The lowest BCUT2D eigenvalue weighted by Crippen LogP contribution is -2.36. The van der Waals surface area contributed by atoms with Crippen molar-refractivity contribution in [2.75, 3.05) is 6.54 Å². The Morgan fingerprint density at radius 2 is 2.44 bits per heavy atom. The number of hydrogen-bond donors (Lipinski definition) is 1. The van der Waals surface area contributed by atoms with Gasteiger partial charge in [0.2, 0.25) is 0 Å². The minimum absolute atomic E-state index is 0.260. The molecule has 0 saturated heterocycles. The summed E-state index contributed by atoms with van der Waals surface area (Å²) in [5.74, 6) is -0.318. The Labute approximate surface area is 93.9 Å². The summed E-state index contributed by atoms with van der Waals surface area (Å²) in [7, 11) is 0. The molecule has 1 atom stereocenters. The molecule has 0 bridgehead atoms. The molecule has 1 aromatic carbocycles. The van der Waals surface area contributed by atoms with Crippen molar-refractivity contribution >= 4 is 5.91 Å². The second-order valence-electron chi connectivity index (χ2n) is 3.25. The second-order valence-corrected chi connectivity index (χ2v) is 3.25. The van der Waals surface area contributed by atoms with Gasteiger partial charge in [-0.05, 0) is 19.1 Å². The molecule has 1 aromatic rings. The highest BCUT2D eigenvalue weighted by molar-refractivity contribution is 5.80. The Hall–Kier alpha value is -1.84. The number of ether oxygens (including phenoxy) is 1. The maximum atomic E-state index is 12.8. The molecular formula is C12H14FNO2. The van der Waals surface area contributed by atoms with Gasteiger partial charge >= 0.3 is 0 Å². The van der Waals surface area contributed by atoms with Crippen LogP contribution in [0.25, 0.3) is 0 Å². The molecule has 0 heterocycles. The van der Waals surface area contributed by atoms with Gasteiger partial charge in [0.15, 0.2) is 6.10 Å². The van der Waals surface area contributed by atoms with Crippen LogP contribution in [0.15, 0.2) is 36.9 Å². The first-order chi connectivity index (χ1) is 7.63. The molecule has 0 aliphatic heterocycles. The number of amides is 1. The Balaban J connectivity index is 2.53. The summed E-state index contributed by atoms with van der Waals surface area (Å²) in [6.07, 6.45) is 0.911. The van der Waals surface area contributed by atoms with Crippen molar-refractivity contribution in [3.8, 4) is 5.75 Å². The SMILES string of the molecule is C=CCNC(=O)C(C)Oc1cccc(F)c1. The lowest BCUT2D eigenvalue weighted by atomic mass is 10.3. The monoisotopic (exact) mass is 223 g/mol. The number of carbonyl (C=O) groups excluding carboxylic acids is 1. The van der Waals surface area contributed by atoms with Gasteiger partial charge < -0.3 is 10.1 Å². The summed E-state index contributed by atoms with van der Waals surface area (Å²) in [6, 6.07) is 5.67. The molecule has 1 rings (SSSR count). The quantitative estimate of drug-likeness (QED) is 0.774. The topological polar surface area (TPSA) is 38.3 Å². The van der Waals surface area contributed by atoms with E-state index in [1.165, 1.54) is 18.2 Å². The summed E-state index contributed by atoms with van der Waals surface area (Å²) in [5, 5.41) is 2.59. The van der Waals surface area contributed by atoms with Gasteiger partial charge in [-0.15, -0.1) is 6.58 Å². The number of rotatable bonds is 5. The first-order valence-corrected chi connectivity index (χ1v) is 4.94. The van der Waals surface area contributed by atoms with Crippen molar-refractivity contribution in [3.63, 3.8) is 0 Å². The van der Waals surface area contributed by atoms with Gasteiger partial charge in [-0.2, -0.15) is 0 Å². The zero-order valence-corrected chi connectivity index (χ0v) is 9.07. The molecule has 1 N–H and O–H groups in total. The Kier molecular flexibility index (Phi) is 4.51. The third-order valence-electron chi connectivity index (χ3n) is 1.90. The van der Waals surface area contributed by atoms with Gasteiger partial charge in [-0.3, -0.25) is 4.79 Å². The van der Waals surface area contributed by atoms with Crippen LogP contribution in [0, 0.1) is 5.82 Å². The van der Waals surface area contributed by atoms with Crippen molar-refractivity contribution in [1.29, 1.82) is 0 Å². The fourth-order valence-electron chi connectivity index (χ4n) is 1.11. The lowest BCUT2D eigenvalue weighted by molar-refractivity contribution is -0.127. The molecule has 3 nitrogen and oxygen atoms in total. The van der Waals surface area contributed by atoms with Crippen molar-refractivity contribution in [2.45, 2.75) is 13.0 Å². The summed E-state index contributed by atoms with van der Waals surface area (Å²) < 4.78 is 18.1. The molecule has 0 aromatic heterocycles. The van der Waals surface area contributed by atoms with Crippen molar-refractivity contribution in [2.24, 2.45) is 0 Å². The van der Waals surface area contributed by atoms with Gasteiger partial charge in [0.05, 0.1) is 0 Å². The van der Waals surface area contributed by atoms with Crippen LogP contribution in [0.4, 0.5) is 4.39 Å². The predicted molar refractivity (Wildman–Crippen MR) is 59.7 cm³/mol. The van der Waals surface area contributed by atoms with E-state index in [2.05, 4.69) is 11.9 Å². The third kappa shape index (κ3) is 3.73. The van der Waals surface area contributed by atoms with Crippen LogP contribution in [0.3, 0.4) is 0 Å². The molecule has 1 amide bonds. The zero-order chi connectivity index (χ0) is 12.0. The second kappa shape index (κ2) is 5.90. The van der Waals surface area contributed by atoms with E-state index < -0.39 is 11.9 Å². The van der Waals surface area contributed by atoms with Gasteiger partial charge in [-0.25, -0.2) is 4.39 Å². The molecule has 0 fully saturated rings. The largest absolute Gasteiger partial charge is 0.481 e. The summed E-state index contributed by atoms with van der Waals surface area (Å²) in [4.78, 5) is 11.4. The van der Waals surface area contributed by atoms with Gasteiger partial charge in [0.25, 0.3) is 5.91 Å². The van der Waals surface area contributed by atoms with E-state index >= 15 is 0 Å². The molecule has 0 aliphatic carbocycles. The molecule has 4 heteroatoms. The van der Waals surface area contributed by atoms with Crippen LogP contribution in [0.1, 0.15) is 6.92 Å². The molecule has 16 heavy (non-hydrogen) atoms. The average Bonchev–Trinajstić information content (AvgIpc) is 2.25. The fraction of sp³-hybridized carbons (Fsp3) is 0.250. The van der Waals surface area contributed by atoms with E-state index in [1.54, 1.807) is 19.1 Å². The van der Waals surface area contributed by atoms with E-state index in [0.717, 1.165) is 0 Å². The van der Waals surface area contributed by atoms with Crippen LogP contribution in [-0.4, -0.2) is 18.6 Å². The van der Waals surface area contributed by atoms with Gasteiger partial charge in [0.1, 0.15) is 11.6 Å². The van der Waals surface area contributed by atoms with Crippen LogP contribution in [-0.2, 0) is 4.79 Å². The first kappa shape index (κ1) is 12.2. The van der Waals surface area contributed by atoms with Crippen LogP contribution in [0.2, 0.25) is 0 Å². The summed E-state index contributed by atoms with van der Waals surface area (Å²) >= 11 is 0. The highest BCUT2D eigenvalue weighted by Gasteiger charge is 2.13. The van der Waals surface area contributed by atoms with E-state index in [1.807, 2.05) is 0 Å².